The van der Waals surface area contributed by atoms with Crippen LogP contribution in [0.25, 0.3) is 0 Å². The van der Waals surface area contributed by atoms with E-state index < -0.39 is 11.9 Å². The van der Waals surface area contributed by atoms with E-state index in [1.54, 1.807) is 0 Å². The summed E-state index contributed by atoms with van der Waals surface area (Å²) in [5.41, 5.74) is -0.0970. The minimum Gasteiger partial charge on any atom is -0.457 e. The highest BCUT2D eigenvalue weighted by Gasteiger charge is 2.31. The van der Waals surface area contributed by atoms with Gasteiger partial charge in [0.25, 0.3) is 0 Å². The van der Waals surface area contributed by atoms with Gasteiger partial charge in [0.05, 0.1) is 13.2 Å². The van der Waals surface area contributed by atoms with Crippen LogP contribution in [-0.2, 0) is 19.1 Å². The van der Waals surface area contributed by atoms with Gasteiger partial charge in [-0.25, -0.2) is 9.59 Å². The highest BCUT2D eigenvalue weighted by atomic mass is 16.6. The van der Waals surface area contributed by atoms with E-state index in [-0.39, 0.29) is 34.9 Å². The molecule has 0 fully saturated rings. The van der Waals surface area contributed by atoms with Gasteiger partial charge in [-0.1, -0.05) is 69.2 Å². The molecule has 142 valence electrons. The van der Waals surface area contributed by atoms with E-state index in [9.17, 15) is 9.59 Å². The number of esters is 2. The molecule has 0 saturated heterocycles. The van der Waals surface area contributed by atoms with Crippen LogP contribution in [0.3, 0.4) is 0 Å². The lowest BCUT2D eigenvalue weighted by Crippen LogP contribution is -2.32. The maximum atomic E-state index is 11.9. The zero-order valence-electron chi connectivity index (χ0n) is 17.5. The Morgan fingerprint density at radius 3 is 1.04 bits per heavy atom. The van der Waals surface area contributed by atoms with Gasteiger partial charge in [-0.15, -0.1) is 0 Å². The van der Waals surface area contributed by atoms with Crippen molar-refractivity contribution >= 4 is 11.9 Å². The van der Waals surface area contributed by atoms with Crippen molar-refractivity contribution in [2.45, 2.75) is 82.1 Å². The predicted octanol–water partition coefficient (Wildman–Crippen LogP) is 5.00. The van der Waals surface area contributed by atoms with Gasteiger partial charge < -0.3 is 9.47 Å². The molecule has 0 atom stereocenters. The average Bonchev–Trinajstić information content (AvgIpc) is 2.27. The van der Waals surface area contributed by atoms with Crippen molar-refractivity contribution in [3.05, 3.63) is 0 Å². The van der Waals surface area contributed by atoms with Crippen LogP contribution in [0.5, 0.6) is 0 Å². The molecule has 0 aliphatic heterocycles. The molecule has 0 spiro atoms. The SMILES string of the molecule is CC(C)(C)CC(C)(C)COC(=O)C(=O)OCC(C)(C)CC(C)(C)C. The maximum absolute atomic E-state index is 11.9. The Balaban J connectivity index is 4.42. The molecule has 0 aromatic heterocycles. The first-order valence-corrected chi connectivity index (χ1v) is 8.77. The average molecular weight is 343 g/mol. The van der Waals surface area contributed by atoms with Crippen molar-refractivity contribution in [3.8, 4) is 0 Å². The lowest BCUT2D eigenvalue weighted by Gasteiger charge is -2.32. The Labute approximate surface area is 148 Å². The van der Waals surface area contributed by atoms with E-state index in [0.29, 0.717) is 0 Å². The topological polar surface area (TPSA) is 52.6 Å². The summed E-state index contributed by atoms with van der Waals surface area (Å²) in [6.45, 7) is 21.4. The molecule has 0 unspecified atom stereocenters. The van der Waals surface area contributed by atoms with Crippen LogP contribution >= 0.6 is 0 Å². The standard InChI is InChI=1S/C20H38O4/c1-17(2,3)11-19(7,8)13-23-15(21)16(22)24-14-20(9,10)12-18(4,5)6/h11-14H2,1-10H3. The number of ether oxygens (including phenoxy) is 2. The van der Waals surface area contributed by atoms with Crippen LogP contribution in [0, 0.1) is 21.7 Å². The molecule has 0 aromatic carbocycles. The predicted molar refractivity (Wildman–Crippen MR) is 97.6 cm³/mol. The molecule has 0 radical (unpaired) electrons. The van der Waals surface area contributed by atoms with Crippen LogP contribution in [0.2, 0.25) is 0 Å². The first kappa shape index (κ1) is 22.9. The first-order valence-electron chi connectivity index (χ1n) is 8.77. The van der Waals surface area contributed by atoms with Gasteiger partial charge in [0.1, 0.15) is 0 Å². The maximum Gasteiger partial charge on any atom is 0.417 e. The number of carbonyl (C=O) groups is 2. The fourth-order valence-corrected chi connectivity index (χ4v) is 3.61. The van der Waals surface area contributed by atoms with Crippen molar-refractivity contribution < 1.29 is 19.1 Å². The van der Waals surface area contributed by atoms with Crippen molar-refractivity contribution in [1.82, 2.24) is 0 Å². The summed E-state index contributed by atoms with van der Waals surface area (Å²) in [6, 6.07) is 0. The van der Waals surface area contributed by atoms with E-state index in [1.165, 1.54) is 0 Å². The van der Waals surface area contributed by atoms with E-state index in [0.717, 1.165) is 12.8 Å². The molecular formula is C20H38O4. The van der Waals surface area contributed by atoms with E-state index >= 15 is 0 Å². The molecule has 0 aliphatic carbocycles. The monoisotopic (exact) mass is 342 g/mol. The van der Waals surface area contributed by atoms with Gasteiger partial charge >= 0.3 is 11.9 Å². The molecule has 0 amide bonds. The second-order valence-electron chi connectivity index (χ2n) is 11.0. The molecule has 0 heterocycles. The highest BCUT2D eigenvalue weighted by molar-refractivity contribution is 6.29. The molecule has 0 saturated carbocycles. The van der Waals surface area contributed by atoms with Crippen molar-refractivity contribution in [1.29, 1.82) is 0 Å². The quantitative estimate of drug-likeness (QED) is 0.503. The molecule has 24 heavy (non-hydrogen) atoms. The Hall–Kier alpha value is -1.06. The van der Waals surface area contributed by atoms with Crippen LogP contribution in [0.15, 0.2) is 0 Å². The summed E-state index contributed by atoms with van der Waals surface area (Å²) in [4.78, 5) is 23.7. The van der Waals surface area contributed by atoms with E-state index in [2.05, 4.69) is 41.5 Å². The number of hydrogen-bond donors (Lipinski definition) is 0. The summed E-state index contributed by atoms with van der Waals surface area (Å²) < 4.78 is 10.3. The summed E-state index contributed by atoms with van der Waals surface area (Å²) in [6.07, 6.45) is 1.78. The third kappa shape index (κ3) is 11.5. The van der Waals surface area contributed by atoms with Crippen LogP contribution < -0.4 is 0 Å². The summed E-state index contributed by atoms with van der Waals surface area (Å²) >= 11 is 0. The van der Waals surface area contributed by atoms with E-state index in [4.69, 9.17) is 9.47 Å². The smallest absolute Gasteiger partial charge is 0.417 e. The Bertz CT molecular complexity index is 392. The molecule has 0 aromatic rings. The zero-order chi connectivity index (χ0) is 19.4. The Morgan fingerprint density at radius 2 is 0.833 bits per heavy atom. The number of rotatable bonds is 6. The zero-order valence-corrected chi connectivity index (χ0v) is 17.5. The van der Waals surface area contributed by atoms with Crippen LogP contribution in [0.4, 0.5) is 0 Å². The largest absolute Gasteiger partial charge is 0.457 e. The van der Waals surface area contributed by atoms with Crippen LogP contribution in [-0.4, -0.2) is 25.2 Å². The summed E-state index contributed by atoms with van der Waals surface area (Å²) in [5.74, 6) is -1.80. The van der Waals surface area contributed by atoms with Gasteiger partial charge in [0, 0.05) is 0 Å². The van der Waals surface area contributed by atoms with Crippen LogP contribution in [0.1, 0.15) is 82.1 Å². The van der Waals surface area contributed by atoms with E-state index in [1.807, 2.05) is 27.7 Å². The first-order chi connectivity index (χ1) is 10.4. The highest BCUT2D eigenvalue weighted by Crippen LogP contribution is 2.34. The van der Waals surface area contributed by atoms with Gasteiger partial charge in [-0.2, -0.15) is 0 Å². The molecule has 0 bridgehead atoms. The fourth-order valence-electron chi connectivity index (χ4n) is 3.61. The normalized spacial score (nSPS) is 13.6. The van der Waals surface area contributed by atoms with Gasteiger partial charge in [0.2, 0.25) is 0 Å². The van der Waals surface area contributed by atoms with Gasteiger partial charge in [0.15, 0.2) is 0 Å². The molecular weight excluding hydrogens is 304 g/mol. The van der Waals surface area contributed by atoms with Gasteiger partial charge in [-0.05, 0) is 34.5 Å². The number of hydrogen-bond acceptors (Lipinski definition) is 4. The minimum absolute atomic E-state index is 0.132. The van der Waals surface area contributed by atoms with Crippen molar-refractivity contribution in [2.24, 2.45) is 21.7 Å². The minimum atomic E-state index is -0.899. The third-order valence-electron chi connectivity index (χ3n) is 3.37. The summed E-state index contributed by atoms with van der Waals surface area (Å²) in [7, 11) is 0. The Morgan fingerprint density at radius 1 is 0.583 bits per heavy atom. The third-order valence-corrected chi connectivity index (χ3v) is 3.37. The lowest BCUT2D eigenvalue weighted by molar-refractivity contribution is -0.171. The molecule has 4 nitrogen and oxygen atoms in total. The summed E-state index contributed by atoms with van der Waals surface area (Å²) in [5, 5.41) is 0. The molecule has 4 heteroatoms. The Kier molecular flexibility index (Phi) is 7.53. The fraction of sp³-hybridized carbons (Fsp3) is 0.900. The lowest BCUT2D eigenvalue weighted by atomic mass is 9.77. The van der Waals surface area contributed by atoms with Crippen molar-refractivity contribution in [3.63, 3.8) is 0 Å². The molecule has 0 rings (SSSR count). The van der Waals surface area contributed by atoms with Crippen molar-refractivity contribution in [2.75, 3.05) is 13.2 Å². The second kappa shape index (κ2) is 7.88. The number of carbonyl (C=O) groups excluding carboxylic acids is 2. The molecule has 0 aliphatic rings. The molecule has 0 N–H and O–H groups in total. The second-order valence-corrected chi connectivity index (χ2v) is 11.0. The van der Waals surface area contributed by atoms with Gasteiger partial charge in [-0.3, -0.25) is 0 Å².